The van der Waals surface area contributed by atoms with Crippen LogP contribution < -0.4 is 4.72 Å². The molecule has 1 aromatic carbocycles. The monoisotopic (exact) mass is 292 g/mol. The predicted octanol–water partition coefficient (Wildman–Crippen LogP) is 1.09. The second-order valence-corrected chi connectivity index (χ2v) is 6.07. The van der Waals surface area contributed by atoms with E-state index in [-0.39, 0.29) is 11.5 Å². The normalized spacial score (nSPS) is 11.4. The molecule has 0 unspecified atom stereocenters. The van der Waals surface area contributed by atoms with E-state index in [0.717, 1.165) is 5.56 Å². The molecule has 20 heavy (non-hydrogen) atoms. The van der Waals surface area contributed by atoms with Crippen molar-refractivity contribution in [2.45, 2.75) is 17.9 Å². The Morgan fingerprint density at radius 3 is 2.25 bits per heavy atom. The zero-order valence-electron chi connectivity index (χ0n) is 10.9. The standard InChI is InChI=1S/C14H16N2O3S/c17-11-13-1-3-14(4-2-13)20(18,19)16-10-7-12-5-8-15-9-6-12/h1-6,8-9,16-17H,7,10-11H2. The number of hydrogen-bond acceptors (Lipinski definition) is 4. The fourth-order valence-corrected chi connectivity index (χ4v) is 2.77. The van der Waals surface area contributed by atoms with E-state index < -0.39 is 10.0 Å². The summed E-state index contributed by atoms with van der Waals surface area (Å²) in [7, 11) is -3.50. The molecule has 106 valence electrons. The van der Waals surface area contributed by atoms with E-state index in [2.05, 4.69) is 9.71 Å². The lowest BCUT2D eigenvalue weighted by atomic mass is 10.2. The van der Waals surface area contributed by atoms with Crippen LogP contribution in [0.2, 0.25) is 0 Å². The molecular weight excluding hydrogens is 276 g/mol. The molecule has 6 heteroatoms. The summed E-state index contributed by atoms with van der Waals surface area (Å²) in [6, 6.07) is 9.87. The van der Waals surface area contributed by atoms with Gasteiger partial charge in [0.1, 0.15) is 0 Å². The third kappa shape index (κ3) is 3.86. The van der Waals surface area contributed by atoms with Crippen molar-refractivity contribution in [1.29, 1.82) is 0 Å². The van der Waals surface area contributed by atoms with Crippen LogP contribution in [-0.4, -0.2) is 25.1 Å². The predicted molar refractivity (Wildman–Crippen MR) is 75.5 cm³/mol. The van der Waals surface area contributed by atoms with Crippen molar-refractivity contribution in [3.8, 4) is 0 Å². The molecule has 0 bridgehead atoms. The van der Waals surface area contributed by atoms with Gasteiger partial charge in [0.25, 0.3) is 0 Å². The molecule has 0 fully saturated rings. The fourth-order valence-electron chi connectivity index (χ4n) is 1.74. The number of aliphatic hydroxyl groups excluding tert-OH is 1. The summed E-state index contributed by atoms with van der Waals surface area (Å²) in [4.78, 5) is 4.11. The Morgan fingerprint density at radius 1 is 1.00 bits per heavy atom. The first-order valence-electron chi connectivity index (χ1n) is 6.20. The maximum absolute atomic E-state index is 12.0. The first-order chi connectivity index (χ1) is 9.62. The smallest absolute Gasteiger partial charge is 0.240 e. The van der Waals surface area contributed by atoms with Crippen LogP contribution in [-0.2, 0) is 23.1 Å². The van der Waals surface area contributed by atoms with Gasteiger partial charge in [-0.25, -0.2) is 13.1 Å². The molecule has 0 aliphatic rings. The quantitative estimate of drug-likeness (QED) is 0.835. The van der Waals surface area contributed by atoms with E-state index in [1.54, 1.807) is 24.5 Å². The first-order valence-corrected chi connectivity index (χ1v) is 7.68. The Balaban J connectivity index is 1.96. The molecule has 1 heterocycles. The molecular formula is C14H16N2O3S. The van der Waals surface area contributed by atoms with E-state index in [9.17, 15) is 8.42 Å². The molecule has 0 saturated carbocycles. The topological polar surface area (TPSA) is 79.3 Å². The molecule has 0 atom stereocenters. The zero-order valence-corrected chi connectivity index (χ0v) is 11.7. The average molecular weight is 292 g/mol. The van der Waals surface area contributed by atoms with Gasteiger partial charge in [0.15, 0.2) is 0 Å². The molecule has 2 rings (SSSR count). The highest BCUT2D eigenvalue weighted by molar-refractivity contribution is 7.89. The van der Waals surface area contributed by atoms with Gasteiger partial charge in [0.05, 0.1) is 11.5 Å². The van der Waals surface area contributed by atoms with Crippen molar-refractivity contribution >= 4 is 10.0 Å². The van der Waals surface area contributed by atoms with Crippen molar-refractivity contribution in [3.05, 3.63) is 59.9 Å². The molecule has 0 saturated heterocycles. The fraction of sp³-hybridized carbons (Fsp3) is 0.214. The Kier molecular flexibility index (Phi) is 4.84. The van der Waals surface area contributed by atoms with Crippen LogP contribution in [0, 0.1) is 0 Å². The van der Waals surface area contributed by atoms with E-state index >= 15 is 0 Å². The highest BCUT2D eigenvalue weighted by Crippen LogP contribution is 2.10. The number of hydrogen-bond donors (Lipinski definition) is 2. The summed E-state index contributed by atoms with van der Waals surface area (Å²) in [5, 5.41) is 8.93. The molecule has 2 aromatic rings. The van der Waals surface area contributed by atoms with Gasteiger partial charge in [-0.1, -0.05) is 12.1 Å². The van der Waals surface area contributed by atoms with Gasteiger partial charge in [-0.2, -0.15) is 0 Å². The highest BCUT2D eigenvalue weighted by atomic mass is 32.2. The number of benzene rings is 1. The summed E-state index contributed by atoms with van der Waals surface area (Å²) < 4.78 is 26.6. The lowest BCUT2D eigenvalue weighted by Crippen LogP contribution is -2.26. The lowest BCUT2D eigenvalue weighted by Gasteiger charge is -2.07. The minimum atomic E-state index is -3.50. The van der Waals surface area contributed by atoms with Crippen LogP contribution in [0.4, 0.5) is 0 Å². The molecule has 0 aliphatic heterocycles. The maximum atomic E-state index is 12.0. The van der Waals surface area contributed by atoms with Crippen LogP contribution >= 0.6 is 0 Å². The maximum Gasteiger partial charge on any atom is 0.240 e. The molecule has 5 nitrogen and oxygen atoms in total. The Bertz CT molecular complexity index is 640. The van der Waals surface area contributed by atoms with Gasteiger partial charge in [-0.05, 0) is 41.8 Å². The SMILES string of the molecule is O=S(=O)(NCCc1ccncc1)c1ccc(CO)cc1. The molecule has 0 spiro atoms. The molecule has 1 aromatic heterocycles. The van der Waals surface area contributed by atoms with Gasteiger partial charge >= 0.3 is 0 Å². The number of rotatable bonds is 6. The number of sulfonamides is 1. The average Bonchev–Trinajstić information content (AvgIpc) is 2.48. The first kappa shape index (κ1) is 14.6. The van der Waals surface area contributed by atoms with E-state index in [4.69, 9.17) is 5.11 Å². The van der Waals surface area contributed by atoms with Gasteiger partial charge in [0.2, 0.25) is 10.0 Å². The molecule has 2 N–H and O–H groups in total. The second-order valence-electron chi connectivity index (χ2n) is 4.31. The summed E-state index contributed by atoms with van der Waals surface area (Å²) in [5.41, 5.74) is 1.71. The largest absolute Gasteiger partial charge is 0.392 e. The number of aliphatic hydroxyl groups is 1. The van der Waals surface area contributed by atoms with Crippen LogP contribution in [0.1, 0.15) is 11.1 Å². The Hall–Kier alpha value is -1.76. The highest BCUT2D eigenvalue weighted by Gasteiger charge is 2.12. The summed E-state index contributed by atoms with van der Waals surface area (Å²) >= 11 is 0. The third-order valence-electron chi connectivity index (χ3n) is 2.87. The summed E-state index contributed by atoms with van der Waals surface area (Å²) in [6.45, 7) is 0.226. The number of pyridine rings is 1. The lowest BCUT2D eigenvalue weighted by molar-refractivity contribution is 0.282. The van der Waals surface area contributed by atoms with Crippen LogP contribution in [0.3, 0.4) is 0 Å². The molecule has 0 aliphatic carbocycles. The number of nitrogens with zero attached hydrogens (tertiary/aromatic N) is 1. The van der Waals surface area contributed by atoms with Crippen molar-refractivity contribution in [1.82, 2.24) is 9.71 Å². The summed E-state index contributed by atoms with van der Waals surface area (Å²) in [6.07, 6.45) is 3.96. The van der Waals surface area contributed by atoms with Gasteiger partial charge in [-0.15, -0.1) is 0 Å². The molecule has 0 radical (unpaired) electrons. The summed E-state index contributed by atoms with van der Waals surface area (Å²) in [5.74, 6) is 0. The van der Waals surface area contributed by atoms with Crippen molar-refractivity contribution in [3.63, 3.8) is 0 Å². The minimum absolute atomic E-state index is 0.101. The third-order valence-corrected chi connectivity index (χ3v) is 4.35. The van der Waals surface area contributed by atoms with Crippen molar-refractivity contribution in [2.24, 2.45) is 0 Å². The van der Waals surface area contributed by atoms with Gasteiger partial charge in [0, 0.05) is 18.9 Å². The van der Waals surface area contributed by atoms with E-state index in [0.29, 0.717) is 18.5 Å². The van der Waals surface area contributed by atoms with Crippen LogP contribution in [0.15, 0.2) is 53.7 Å². The van der Waals surface area contributed by atoms with Crippen LogP contribution in [0.25, 0.3) is 0 Å². The molecule has 0 amide bonds. The van der Waals surface area contributed by atoms with Gasteiger partial charge < -0.3 is 5.11 Å². The Morgan fingerprint density at radius 2 is 1.65 bits per heavy atom. The van der Waals surface area contributed by atoms with E-state index in [1.165, 1.54) is 12.1 Å². The second kappa shape index (κ2) is 6.60. The van der Waals surface area contributed by atoms with Crippen molar-refractivity contribution < 1.29 is 13.5 Å². The Labute approximate surface area is 118 Å². The minimum Gasteiger partial charge on any atom is -0.392 e. The zero-order chi connectivity index (χ0) is 14.4. The van der Waals surface area contributed by atoms with E-state index in [1.807, 2.05) is 12.1 Å². The van der Waals surface area contributed by atoms with Crippen molar-refractivity contribution in [2.75, 3.05) is 6.54 Å². The number of nitrogens with one attached hydrogen (secondary N) is 1. The number of aromatic nitrogens is 1. The van der Waals surface area contributed by atoms with Crippen LogP contribution in [0.5, 0.6) is 0 Å². The van der Waals surface area contributed by atoms with Gasteiger partial charge in [-0.3, -0.25) is 4.98 Å².